The van der Waals surface area contributed by atoms with Crippen LogP contribution in [0.4, 0.5) is 0 Å². The number of piperazine rings is 1. The van der Waals surface area contributed by atoms with Gasteiger partial charge < -0.3 is 5.32 Å². The molecule has 0 bridgehead atoms. The van der Waals surface area contributed by atoms with Gasteiger partial charge in [-0.2, -0.15) is 0 Å². The summed E-state index contributed by atoms with van der Waals surface area (Å²) in [5.41, 5.74) is 2.81. The molecule has 1 aliphatic rings. The minimum Gasteiger partial charge on any atom is -0.314 e. The summed E-state index contributed by atoms with van der Waals surface area (Å²) in [6.07, 6.45) is 4.29. The third-order valence-electron chi connectivity index (χ3n) is 3.66. The summed E-state index contributed by atoms with van der Waals surface area (Å²) in [5, 5.41) is 3.43. The van der Waals surface area contributed by atoms with Gasteiger partial charge in [0.05, 0.1) is 0 Å². The van der Waals surface area contributed by atoms with Crippen LogP contribution in [0.25, 0.3) is 0 Å². The minimum atomic E-state index is 0. The number of nitrogens with zero attached hydrogens (tertiary/aromatic N) is 1. The highest BCUT2D eigenvalue weighted by Crippen LogP contribution is 2.26. The Kier molecular flexibility index (Phi) is 9.95. The number of hydrogen-bond donors (Lipinski definition) is 1. The van der Waals surface area contributed by atoms with Gasteiger partial charge in [-0.15, -0.1) is 31.4 Å². The van der Waals surface area contributed by atoms with Crippen LogP contribution in [-0.4, -0.2) is 31.1 Å². The fourth-order valence-electron chi connectivity index (χ4n) is 2.71. The largest absolute Gasteiger partial charge is 0.314 e. The Labute approximate surface area is 135 Å². The maximum atomic E-state index is 3.86. The van der Waals surface area contributed by atoms with Crippen molar-refractivity contribution in [3.05, 3.63) is 48.0 Å². The second-order valence-corrected chi connectivity index (χ2v) is 5.08. The number of aryl methyl sites for hydroxylation is 1. The highest BCUT2D eigenvalue weighted by Gasteiger charge is 2.21. The third-order valence-corrected chi connectivity index (χ3v) is 3.66. The highest BCUT2D eigenvalue weighted by molar-refractivity contribution is 5.85. The van der Waals surface area contributed by atoms with Gasteiger partial charge in [-0.3, -0.25) is 4.90 Å². The molecule has 0 unspecified atom stereocenters. The van der Waals surface area contributed by atoms with Crippen LogP contribution < -0.4 is 5.32 Å². The van der Waals surface area contributed by atoms with Crippen LogP contribution in [0.3, 0.4) is 0 Å². The predicted molar refractivity (Wildman–Crippen MR) is 92.3 cm³/mol. The Morgan fingerprint density at radius 3 is 2.60 bits per heavy atom. The van der Waals surface area contributed by atoms with E-state index in [0.29, 0.717) is 6.04 Å². The molecule has 0 saturated carbocycles. The van der Waals surface area contributed by atoms with E-state index in [1.165, 1.54) is 17.5 Å². The quantitative estimate of drug-likeness (QED) is 0.832. The van der Waals surface area contributed by atoms with Crippen molar-refractivity contribution in [3.63, 3.8) is 0 Å². The molecule has 1 fully saturated rings. The molecule has 1 N–H and O–H groups in total. The van der Waals surface area contributed by atoms with E-state index < -0.39 is 0 Å². The van der Waals surface area contributed by atoms with Gasteiger partial charge in [0, 0.05) is 32.2 Å². The first-order valence-electron chi connectivity index (χ1n) is 6.93. The first-order valence-corrected chi connectivity index (χ1v) is 6.93. The van der Waals surface area contributed by atoms with E-state index in [2.05, 4.69) is 48.0 Å². The molecule has 0 aromatic heterocycles. The van der Waals surface area contributed by atoms with Crippen molar-refractivity contribution in [2.24, 2.45) is 0 Å². The summed E-state index contributed by atoms with van der Waals surface area (Å²) in [6.45, 7) is 10.5. The zero-order valence-electron chi connectivity index (χ0n) is 12.2. The Hall–Kier alpha value is -0.540. The summed E-state index contributed by atoms with van der Waals surface area (Å²) in [6, 6.07) is 9.49. The summed E-state index contributed by atoms with van der Waals surface area (Å²) in [7, 11) is 0. The van der Waals surface area contributed by atoms with E-state index in [1.807, 2.05) is 6.08 Å². The van der Waals surface area contributed by atoms with Gasteiger partial charge in [-0.25, -0.2) is 0 Å². The van der Waals surface area contributed by atoms with E-state index >= 15 is 0 Å². The van der Waals surface area contributed by atoms with Crippen LogP contribution in [0.2, 0.25) is 0 Å². The summed E-state index contributed by atoms with van der Waals surface area (Å²) < 4.78 is 0. The summed E-state index contributed by atoms with van der Waals surface area (Å²) in [4.78, 5) is 2.61. The molecule has 20 heavy (non-hydrogen) atoms. The zero-order chi connectivity index (χ0) is 12.8. The number of allylic oxidation sites excluding steroid dienone is 1. The van der Waals surface area contributed by atoms with Gasteiger partial charge in [0.25, 0.3) is 0 Å². The maximum absolute atomic E-state index is 3.86. The lowest BCUT2D eigenvalue weighted by atomic mass is 9.98. The van der Waals surface area contributed by atoms with Crippen LogP contribution >= 0.6 is 24.8 Å². The smallest absolute Gasteiger partial charge is 0.0352 e. The Bertz CT molecular complexity index is 390. The van der Waals surface area contributed by atoms with E-state index in [1.54, 1.807) is 0 Å². The first-order chi connectivity index (χ1) is 8.81. The average molecular weight is 317 g/mol. The molecule has 1 aromatic rings. The van der Waals surface area contributed by atoms with Gasteiger partial charge in [0.15, 0.2) is 0 Å². The zero-order valence-corrected chi connectivity index (χ0v) is 13.8. The number of halogens is 2. The molecule has 0 amide bonds. The first kappa shape index (κ1) is 19.5. The van der Waals surface area contributed by atoms with Crippen molar-refractivity contribution in [3.8, 4) is 0 Å². The fraction of sp³-hybridized carbons (Fsp3) is 0.500. The molecular formula is C16H26Cl2N2. The molecule has 2 rings (SSSR count). The normalized spacial score (nSPS) is 16.6. The lowest BCUT2D eigenvalue weighted by Gasteiger charge is -2.35. The van der Waals surface area contributed by atoms with Gasteiger partial charge in [-0.05, 0) is 25.3 Å². The van der Waals surface area contributed by atoms with Crippen LogP contribution in [-0.2, 0) is 0 Å². The van der Waals surface area contributed by atoms with Crippen molar-refractivity contribution in [1.29, 1.82) is 0 Å². The number of hydrogen-bond acceptors (Lipinski definition) is 2. The Morgan fingerprint density at radius 2 is 2.00 bits per heavy atom. The van der Waals surface area contributed by atoms with Crippen LogP contribution in [0.1, 0.15) is 30.0 Å². The Morgan fingerprint density at radius 1 is 1.30 bits per heavy atom. The molecule has 1 aliphatic heterocycles. The van der Waals surface area contributed by atoms with Gasteiger partial charge in [0.2, 0.25) is 0 Å². The SMILES string of the molecule is C=CCC[C@H](c1cccc(C)c1)N1CCNCC1.Cl.Cl. The monoisotopic (exact) mass is 316 g/mol. The summed E-state index contributed by atoms with van der Waals surface area (Å²) in [5.74, 6) is 0. The lowest BCUT2D eigenvalue weighted by Crippen LogP contribution is -2.45. The van der Waals surface area contributed by atoms with E-state index in [4.69, 9.17) is 0 Å². The van der Waals surface area contributed by atoms with Crippen molar-refractivity contribution >= 4 is 24.8 Å². The maximum Gasteiger partial charge on any atom is 0.0352 e. The number of benzene rings is 1. The molecule has 1 saturated heterocycles. The molecule has 0 spiro atoms. The summed E-state index contributed by atoms with van der Waals surface area (Å²) >= 11 is 0. The molecule has 0 aliphatic carbocycles. The Balaban J connectivity index is 0.00000180. The lowest BCUT2D eigenvalue weighted by molar-refractivity contribution is 0.166. The second kappa shape index (κ2) is 10.2. The molecule has 1 aromatic carbocycles. The molecule has 4 heteroatoms. The van der Waals surface area contributed by atoms with E-state index in [9.17, 15) is 0 Å². The molecular weight excluding hydrogens is 291 g/mol. The van der Waals surface area contributed by atoms with Gasteiger partial charge in [0.1, 0.15) is 0 Å². The third kappa shape index (κ3) is 5.45. The minimum absolute atomic E-state index is 0. The molecule has 1 heterocycles. The average Bonchev–Trinajstić information content (AvgIpc) is 2.40. The van der Waals surface area contributed by atoms with E-state index in [-0.39, 0.29) is 24.8 Å². The van der Waals surface area contributed by atoms with E-state index in [0.717, 1.165) is 32.6 Å². The van der Waals surface area contributed by atoms with Crippen molar-refractivity contribution in [1.82, 2.24) is 10.2 Å². The molecule has 1 atom stereocenters. The van der Waals surface area contributed by atoms with Crippen molar-refractivity contribution in [2.45, 2.75) is 25.8 Å². The molecule has 0 radical (unpaired) electrons. The highest BCUT2D eigenvalue weighted by atomic mass is 35.5. The fourth-order valence-corrected chi connectivity index (χ4v) is 2.71. The van der Waals surface area contributed by atoms with Crippen LogP contribution in [0.15, 0.2) is 36.9 Å². The second-order valence-electron chi connectivity index (χ2n) is 5.08. The number of rotatable bonds is 5. The standard InChI is InChI=1S/C16H24N2.2ClH/c1-3-4-8-16(18-11-9-17-10-12-18)15-7-5-6-14(2)13-15;;/h3,5-7,13,16-17H,1,4,8-12H2,2H3;2*1H/t16-;;/m1../s1. The van der Waals surface area contributed by atoms with Gasteiger partial charge >= 0.3 is 0 Å². The van der Waals surface area contributed by atoms with Crippen molar-refractivity contribution < 1.29 is 0 Å². The van der Waals surface area contributed by atoms with Crippen LogP contribution in [0.5, 0.6) is 0 Å². The number of nitrogens with one attached hydrogen (secondary N) is 1. The van der Waals surface area contributed by atoms with Crippen molar-refractivity contribution in [2.75, 3.05) is 26.2 Å². The van der Waals surface area contributed by atoms with Gasteiger partial charge in [-0.1, -0.05) is 35.9 Å². The molecule has 114 valence electrons. The topological polar surface area (TPSA) is 15.3 Å². The van der Waals surface area contributed by atoms with Crippen LogP contribution in [0, 0.1) is 6.92 Å². The molecule has 2 nitrogen and oxygen atoms in total. The predicted octanol–water partition coefficient (Wildman–Crippen LogP) is 3.75.